The fraction of sp³-hybridized carbons (Fsp3) is 0.0625. The molecule has 6 nitrogen and oxygen atoms in total. The van der Waals surface area contributed by atoms with Crippen LogP contribution in [0.3, 0.4) is 0 Å². The lowest BCUT2D eigenvalue weighted by molar-refractivity contribution is 0.0999. The third kappa shape index (κ3) is 2.86. The number of thiazole rings is 1. The Hall–Kier alpha value is -2.93. The number of aryl methyl sites for hydroxylation is 1. The van der Waals surface area contributed by atoms with Crippen LogP contribution in [-0.2, 0) is 0 Å². The number of aromatic amines is 1. The molecule has 0 radical (unpaired) electrons. The van der Waals surface area contributed by atoms with Gasteiger partial charge in [-0.2, -0.15) is 0 Å². The zero-order chi connectivity index (χ0) is 16.6. The molecule has 0 aliphatic rings. The van der Waals surface area contributed by atoms with Crippen molar-refractivity contribution in [3.8, 4) is 21.8 Å². The van der Waals surface area contributed by atoms with Crippen LogP contribution in [0.4, 0.5) is 5.69 Å². The van der Waals surface area contributed by atoms with Crippen LogP contribution >= 0.6 is 11.3 Å². The molecule has 23 heavy (non-hydrogen) atoms. The van der Waals surface area contributed by atoms with E-state index in [1.807, 2.05) is 29.6 Å². The largest absolute Gasteiger partial charge is 0.399 e. The van der Waals surface area contributed by atoms with Gasteiger partial charge >= 0.3 is 0 Å². The first kappa shape index (κ1) is 15.0. The van der Waals surface area contributed by atoms with Crippen molar-refractivity contribution in [1.82, 2.24) is 9.97 Å². The SMILES string of the molecule is Cc1[nH]c(=O)c(C(N)=O)cc1-c1csc(-c2cccc(N)c2)n1. The Balaban J connectivity index is 2.09. The molecule has 0 aliphatic carbocycles. The number of benzene rings is 1. The number of aromatic nitrogens is 2. The minimum atomic E-state index is -0.765. The number of carbonyl (C=O) groups excluding carboxylic acids is 1. The summed E-state index contributed by atoms with van der Waals surface area (Å²) in [5.41, 5.74) is 14.0. The monoisotopic (exact) mass is 326 g/mol. The molecule has 0 atom stereocenters. The van der Waals surface area contributed by atoms with Gasteiger partial charge in [-0.15, -0.1) is 11.3 Å². The number of nitrogens with zero attached hydrogens (tertiary/aromatic N) is 1. The summed E-state index contributed by atoms with van der Waals surface area (Å²) in [4.78, 5) is 30.3. The van der Waals surface area contributed by atoms with E-state index in [1.54, 1.807) is 6.92 Å². The number of H-pyrrole nitrogens is 1. The second-order valence-electron chi connectivity index (χ2n) is 5.08. The highest BCUT2D eigenvalue weighted by molar-refractivity contribution is 7.13. The second-order valence-corrected chi connectivity index (χ2v) is 5.94. The lowest BCUT2D eigenvalue weighted by Crippen LogP contribution is -2.24. The van der Waals surface area contributed by atoms with Crippen molar-refractivity contribution >= 4 is 22.9 Å². The average Bonchev–Trinajstić information content (AvgIpc) is 2.96. The van der Waals surface area contributed by atoms with Gasteiger partial charge in [0, 0.05) is 27.9 Å². The van der Waals surface area contributed by atoms with E-state index in [-0.39, 0.29) is 5.56 Å². The Bertz CT molecular complexity index is 959. The van der Waals surface area contributed by atoms with Crippen molar-refractivity contribution in [2.75, 3.05) is 5.73 Å². The molecule has 0 unspecified atom stereocenters. The lowest BCUT2D eigenvalue weighted by atomic mass is 10.1. The molecule has 1 aromatic carbocycles. The highest BCUT2D eigenvalue weighted by Crippen LogP contribution is 2.30. The van der Waals surface area contributed by atoms with Gasteiger partial charge < -0.3 is 16.5 Å². The van der Waals surface area contributed by atoms with Crippen LogP contribution in [0, 0.1) is 6.92 Å². The van der Waals surface area contributed by atoms with E-state index in [9.17, 15) is 9.59 Å². The van der Waals surface area contributed by atoms with E-state index in [4.69, 9.17) is 11.5 Å². The maximum absolute atomic E-state index is 11.7. The zero-order valence-corrected chi connectivity index (χ0v) is 13.1. The molecule has 0 aliphatic heterocycles. The van der Waals surface area contributed by atoms with Crippen molar-refractivity contribution in [3.05, 3.63) is 57.3 Å². The van der Waals surface area contributed by atoms with Crippen molar-refractivity contribution in [2.45, 2.75) is 6.92 Å². The van der Waals surface area contributed by atoms with Gasteiger partial charge in [0.05, 0.1) is 5.69 Å². The molecule has 0 bridgehead atoms. The summed E-state index contributed by atoms with van der Waals surface area (Å²) >= 11 is 1.46. The van der Waals surface area contributed by atoms with Crippen LogP contribution in [0.15, 0.2) is 40.5 Å². The first-order valence-corrected chi connectivity index (χ1v) is 7.69. The first-order valence-electron chi connectivity index (χ1n) is 6.81. The van der Waals surface area contributed by atoms with Gasteiger partial charge in [0.25, 0.3) is 11.5 Å². The maximum atomic E-state index is 11.7. The molecule has 1 amide bonds. The lowest BCUT2D eigenvalue weighted by Gasteiger charge is -2.04. The molecule has 0 fully saturated rings. The third-order valence-electron chi connectivity index (χ3n) is 3.42. The van der Waals surface area contributed by atoms with Crippen LogP contribution < -0.4 is 17.0 Å². The van der Waals surface area contributed by atoms with Gasteiger partial charge in [-0.3, -0.25) is 9.59 Å². The summed E-state index contributed by atoms with van der Waals surface area (Å²) in [5.74, 6) is -0.765. The Labute approximate surface area is 135 Å². The Morgan fingerprint density at radius 3 is 2.78 bits per heavy atom. The number of hydrogen-bond acceptors (Lipinski definition) is 5. The predicted molar refractivity (Wildman–Crippen MR) is 91.3 cm³/mol. The molecular weight excluding hydrogens is 312 g/mol. The summed E-state index contributed by atoms with van der Waals surface area (Å²) in [7, 11) is 0. The van der Waals surface area contributed by atoms with Crippen LogP contribution in [0.1, 0.15) is 16.1 Å². The van der Waals surface area contributed by atoms with Gasteiger partial charge in [0.2, 0.25) is 0 Å². The van der Waals surface area contributed by atoms with Gasteiger partial charge in [-0.05, 0) is 25.1 Å². The van der Waals surface area contributed by atoms with Crippen LogP contribution in [0.5, 0.6) is 0 Å². The minimum absolute atomic E-state index is 0.0795. The number of hydrogen-bond donors (Lipinski definition) is 3. The van der Waals surface area contributed by atoms with Crippen molar-refractivity contribution in [3.63, 3.8) is 0 Å². The summed E-state index contributed by atoms with van der Waals surface area (Å²) < 4.78 is 0. The van der Waals surface area contributed by atoms with E-state index in [0.29, 0.717) is 22.6 Å². The molecule has 2 aromatic heterocycles. The van der Waals surface area contributed by atoms with Gasteiger partial charge in [-0.25, -0.2) is 4.98 Å². The van der Waals surface area contributed by atoms with E-state index >= 15 is 0 Å². The van der Waals surface area contributed by atoms with Crippen LogP contribution in [0.25, 0.3) is 21.8 Å². The highest BCUT2D eigenvalue weighted by Gasteiger charge is 2.14. The molecule has 2 heterocycles. The summed E-state index contributed by atoms with van der Waals surface area (Å²) in [5, 5.41) is 2.67. The number of carbonyl (C=O) groups is 1. The molecule has 0 saturated carbocycles. The average molecular weight is 326 g/mol. The summed E-state index contributed by atoms with van der Waals surface area (Å²) in [6.07, 6.45) is 0. The van der Waals surface area contributed by atoms with E-state index in [0.717, 1.165) is 10.6 Å². The molecule has 0 saturated heterocycles. The van der Waals surface area contributed by atoms with Crippen LogP contribution in [-0.4, -0.2) is 15.9 Å². The maximum Gasteiger partial charge on any atom is 0.261 e. The normalized spacial score (nSPS) is 10.7. The number of nitrogens with one attached hydrogen (secondary N) is 1. The molecule has 3 rings (SSSR count). The number of nitrogen functional groups attached to an aromatic ring is 1. The molecule has 3 aromatic rings. The van der Waals surface area contributed by atoms with Crippen LogP contribution in [0.2, 0.25) is 0 Å². The van der Waals surface area contributed by atoms with Crippen molar-refractivity contribution in [1.29, 1.82) is 0 Å². The summed E-state index contributed by atoms with van der Waals surface area (Å²) in [6.45, 7) is 1.75. The number of nitrogens with two attached hydrogens (primary N) is 2. The zero-order valence-electron chi connectivity index (χ0n) is 12.3. The van der Waals surface area contributed by atoms with E-state index < -0.39 is 11.5 Å². The van der Waals surface area contributed by atoms with E-state index in [2.05, 4.69) is 9.97 Å². The van der Waals surface area contributed by atoms with Gasteiger partial charge in [0.15, 0.2) is 0 Å². The quantitative estimate of drug-likeness (QED) is 0.640. The number of rotatable bonds is 3. The predicted octanol–water partition coefficient (Wildman–Crippen LogP) is 2.15. The number of pyridine rings is 1. The fourth-order valence-corrected chi connectivity index (χ4v) is 3.09. The molecular formula is C16H14N4O2S. The molecule has 0 spiro atoms. The summed E-state index contributed by atoms with van der Waals surface area (Å²) in [6, 6.07) is 8.92. The molecule has 5 N–H and O–H groups in total. The number of amides is 1. The fourth-order valence-electron chi connectivity index (χ4n) is 2.27. The van der Waals surface area contributed by atoms with Gasteiger partial charge in [-0.1, -0.05) is 12.1 Å². The Morgan fingerprint density at radius 1 is 1.30 bits per heavy atom. The standard InChI is InChI=1S/C16H14N4O2S/c1-8-11(6-12(14(18)21)15(22)19-8)13-7-23-16(20-13)9-3-2-4-10(17)5-9/h2-7H,17H2,1H3,(H2,18,21)(H,19,22). The van der Waals surface area contributed by atoms with Crippen molar-refractivity contribution < 1.29 is 4.79 Å². The smallest absolute Gasteiger partial charge is 0.261 e. The first-order chi connectivity index (χ1) is 11.0. The number of anilines is 1. The van der Waals surface area contributed by atoms with Gasteiger partial charge in [0.1, 0.15) is 10.6 Å². The molecule has 7 heteroatoms. The Morgan fingerprint density at radius 2 is 2.09 bits per heavy atom. The second kappa shape index (κ2) is 5.69. The third-order valence-corrected chi connectivity index (χ3v) is 4.31. The Kier molecular flexibility index (Phi) is 3.71. The molecule has 116 valence electrons. The van der Waals surface area contributed by atoms with Crippen molar-refractivity contribution in [2.24, 2.45) is 5.73 Å². The minimum Gasteiger partial charge on any atom is -0.399 e. The number of primary amides is 1. The van der Waals surface area contributed by atoms with E-state index in [1.165, 1.54) is 17.4 Å². The topological polar surface area (TPSA) is 115 Å². The highest BCUT2D eigenvalue weighted by atomic mass is 32.1.